The number of nitrogens with zero attached hydrogens (tertiary/aromatic N) is 3. The maximum atomic E-state index is 6.51. The van der Waals surface area contributed by atoms with Crippen molar-refractivity contribution in [2.24, 2.45) is 0 Å². The van der Waals surface area contributed by atoms with Crippen LogP contribution < -0.4 is 0 Å². The minimum Gasteiger partial charge on any atom is -0.452 e. The number of hydrogen-bond acceptors (Lipinski definition) is 5. The van der Waals surface area contributed by atoms with E-state index in [9.17, 15) is 0 Å². The number of fused-ring (bicyclic) bond motifs is 12. The normalized spacial score (nSPS) is 12.2. The lowest BCUT2D eigenvalue weighted by molar-refractivity contribution is 0.633. The largest absolute Gasteiger partial charge is 0.452 e. The van der Waals surface area contributed by atoms with Crippen LogP contribution in [0.15, 0.2) is 112 Å². The lowest BCUT2D eigenvalue weighted by atomic mass is 9.99. The molecule has 0 saturated carbocycles. The van der Waals surface area contributed by atoms with Crippen LogP contribution in [0.25, 0.3) is 88.1 Å². The topological polar surface area (TPSA) is 65.0 Å². The summed E-state index contributed by atoms with van der Waals surface area (Å²) in [4.78, 5) is 15.0. The molecule has 0 saturated heterocycles. The van der Waals surface area contributed by atoms with Crippen LogP contribution in [0.2, 0.25) is 0 Å². The van der Waals surface area contributed by atoms with E-state index in [2.05, 4.69) is 36.4 Å². The highest BCUT2D eigenvalue weighted by molar-refractivity contribution is 6.31. The molecule has 9 aromatic rings. The van der Waals surface area contributed by atoms with Crippen LogP contribution in [0.5, 0.6) is 0 Å². The van der Waals surface area contributed by atoms with E-state index < -0.39 is 0 Å². The number of hydrogen-bond donors (Lipinski definition) is 0. The molecule has 0 radical (unpaired) electrons. The van der Waals surface area contributed by atoms with Gasteiger partial charge in [-0.1, -0.05) is 84.9 Å². The molecule has 0 aliphatic heterocycles. The first kappa shape index (κ1) is 19.8. The number of aromatic nitrogens is 3. The van der Waals surface area contributed by atoms with Crippen LogP contribution in [0, 0.1) is 0 Å². The van der Waals surface area contributed by atoms with E-state index in [0.29, 0.717) is 17.1 Å². The van der Waals surface area contributed by atoms with Gasteiger partial charge in [-0.25, -0.2) is 15.0 Å². The summed E-state index contributed by atoms with van der Waals surface area (Å²) in [6.07, 6.45) is 0. The molecule has 176 valence electrons. The minimum atomic E-state index is 0.616. The third-order valence-electron chi connectivity index (χ3n) is 7.48. The van der Waals surface area contributed by atoms with Crippen LogP contribution in [-0.2, 0) is 0 Å². The Bertz CT molecular complexity index is 2400. The second-order valence-electron chi connectivity index (χ2n) is 9.60. The summed E-state index contributed by atoms with van der Waals surface area (Å²) in [5.74, 6) is 0.639. The predicted molar refractivity (Wildman–Crippen MR) is 152 cm³/mol. The molecule has 0 amide bonds. The molecule has 0 unspecified atom stereocenters. The highest BCUT2D eigenvalue weighted by Gasteiger charge is 2.21. The Labute approximate surface area is 215 Å². The van der Waals surface area contributed by atoms with Crippen molar-refractivity contribution in [1.82, 2.24) is 15.0 Å². The summed E-state index contributed by atoms with van der Waals surface area (Å²) < 4.78 is 13.0. The van der Waals surface area contributed by atoms with Gasteiger partial charge >= 0.3 is 0 Å². The van der Waals surface area contributed by atoms with Gasteiger partial charge in [0.25, 0.3) is 0 Å². The average molecular weight is 488 g/mol. The van der Waals surface area contributed by atoms with Crippen LogP contribution in [-0.4, -0.2) is 15.0 Å². The monoisotopic (exact) mass is 487 g/mol. The van der Waals surface area contributed by atoms with E-state index in [0.717, 1.165) is 71.0 Å². The Morgan fingerprint density at radius 3 is 1.95 bits per heavy atom. The van der Waals surface area contributed by atoms with Gasteiger partial charge in [0.2, 0.25) is 0 Å². The summed E-state index contributed by atoms with van der Waals surface area (Å²) in [7, 11) is 0. The van der Waals surface area contributed by atoms with Gasteiger partial charge in [0, 0.05) is 37.9 Å². The van der Waals surface area contributed by atoms with Gasteiger partial charge in [0.1, 0.15) is 11.2 Å². The quantitative estimate of drug-likeness (QED) is 0.231. The molecule has 0 N–H and O–H groups in total. The van der Waals surface area contributed by atoms with Gasteiger partial charge in [-0.05, 0) is 29.0 Å². The molecule has 0 spiro atoms. The zero-order valence-corrected chi connectivity index (χ0v) is 20.0. The van der Waals surface area contributed by atoms with Crippen molar-refractivity contribution in [2.45, 2.75) is 0 Å². The fourth-order valence-corrected chi connectivity index (χ4v) is 5.81. The maximum absolute atomic E-state index is 6.51. The third kappa shape index (κ3) is 2.57. The zero-order chi connectivity index (χ0) is 24.8. The summed E-state index contributed by atoms with van der Waals surface area (Å²) >= 11 is 0. The molecule has 38 heavy (non-hydrogen) atoms. The molecule has 5 aromatic carbocycles. The molecule has 0 atom stereocenters. The number of para-hydroxylation sites is 1. The van der Waals surface area contributed by atoms with Crippen LogP contribution in [0.1, 0.15) is 0 Å². The van der Waals surface area contributed by atoms with Gasteiger partial charge in [-0.3, -0.25) is 0 Å². The first-order chi connectivity index (χ1) is 18.8. The summed E-state index contributed by atoms with van der Waals surface area (Å²) in [6.45, 7) is 0. The maximum Gasteiger partial charge on any atom is 0.179 e. The Kier molecular flexibility index (Phi) is 3.73. The number of benzene rings is 5. The first-order valence-electron chi connectivity index (χ1n) is 12.5. The molecule has 0 aliphatic rings. The first-order valence-corrected chi connectivity index (χ1v) is 12.5. The third-order valence-corrected chi connectivity index (χ3v) is 7.48. The Hall–Kier alpha value is -5.29. The van der Waals surface area contributed by atoms with Gasteiger partial charge in [0.05, 0.1) is 0 Å². The molecule has 0 aliphatic carbocycles. The molecule has 9 rings (SSSR count). The molecule has 4 aromatic heterocycles. The van der Waals surface area contributed by atoms with E-state index in [1.54, 1.807) is 0 Å². The van der Waals surface area contributed by atoms with E-state index in [1.165, 1.54) is 0 Å². The lowest BCUT2D eigenvalue weighted by Gasteiger charge is -2.06. The van der Waals surface area contributed by atoms with Crippen LogP contribution in [0.4, 0.5) is 0 Å². The molecule has 5 nitrogen and oxygen atoms in total. The summed E-state index contributed by atoms with van der Waals surface area (Å²) in [6, 6.07) is 34.8. The molecular weight excluding hydrogens is 470 g/mol. The smallest absolute Gasteiger partial charge is 0.179 e. The summed E-state index contributed by atoms with van der Waals surface area (Å²) in [5.41, 5.74) is 5.28. The van der Waals surface area contributed by atoms with Crippen molar-refractivity contribution in [2.75, 3.05) is 0 Å². The number of rotatable bonds is 1. The molecule has 4 heterocycles. The van der Waals surface area contributed by atoms with Crippen LogP contribution >= 0.6 is 0 Å². The minimum absolute atomic E-state index is 0.616. The van der Waals surface area contributed by atoms with E-state index in [1.807, 2.05) is 66.7 Å². The standard InChI is InChI=1S/C33H17N3O2/c1-2-9-18(10-3-1)31-34-32-20-12-5-4-11-19(20)23-17-24-27-22(33(35-31)36-32)14-8-16-26(27)38-29(24)30-28(23)21-13-6-7-15-25(21)37-30/h1-17H. The fraction of sp³-hybridized carbons (Fsp3) is 0. The Balaban J connectivity index is 1.66. The van der Waals surface area contributed by atoms with Gasteiger partial charge in [-0.15, -0.1) is 0 Å². The molecular formula is C33H17N3O2. The second kappa shape index (κ2) is 7.14. The van der Waals surface area contributed by atoms with E-state index >= 15 is 0 Å². The Morgan fingerprint density at radius 2 is 1.08 bits per heavy atom. The van der Waals surface area contributed by atoms with Gasteiger partial charge in [-0.2, -0.15) is 0 Å². The molecule has 5 heteroatoms. The summed E-state index contributed by atoms with van der Waals surface area (Å²) in [5, 5.41) is 7.99. The van der Waals surface area contributed by atoms with E-state index in [-0.39, 0.29) is 0 Å². The average Bonchev–Trinajstić information content (AvgIpc) is 3.55. The van der Waals surface area contributed by atoms with Gasteiger partial charge < -0.3 is 8.83 Å². The highest BCUT2D eigenvalue weighted by Crippen LogP contribution is 2.44. The Morgan fingerprint density at radius 1 is 0.421 bits per heavy atom. The van der Waals surface area contributed by atoms with Crippen molar-refractivity contribution >= 4 is 76.7 Å². The van der Waals surface area contributed by atoms with Crippen molar-refractivity contribution in [3.8, 4) is 11.4 Å². The lowest BCUT2D eigenvalue weighted by Crippen LogP contribution is -1.95. The highest BCUT2D eigenvalue weighted by atomic mass is 16.4. The zero-order valence-electron chi connectivity index (χ0n) is 20.0. The van der Waals surface area contributed by atoms with Crippen molar-refractivity contribution in [3.05, 3.63) is 103 Å². The van der Waals surface area contributed by atoms with Crippen molar-refractivity contribution in [3.63, 3.8) is 0 Å². The van der Waals surface area contributed by atoms with Crippen molar-refractivity contribution in [1.29, 1.82) is 0 Å². The predicted octanol–water partition coefficient (Wildman–Crippen LogP) is 8.80. The second-order valence-corrected chi connectivity index (χ2v) is 9.60. The van der Waals surface area contributed by atoms with Crippen molar-refractivity contribution < 1.29 is 8.83 Å². The van der Waals surface area contributed by atoms with Crippen LogP contribution in [0.3, 0.4) is 0 Å². The van der Waals surface area contributed by atoms with Gasteiger partial charge in [0.15, 0.2) is 28.3 Å². The fourth-order valence-electron chi connectivity index (χ4n) is 5.81. The molecule has 0 fully saturated rings. The number of furan rings is 2. The SMILES string of the molecule is c1ccc(-c2nc3nc(n2)c2cccc4oc5c(cc(c6ccccc36)c3c6ccccc6oc53)c42)cc1. The molecule has 4 bridgehead atoms. The van der Waals surface area contributed by atoms with E-state index in [4.69, 9.17) is 23.8 Å².